The molecule has 0 aliphatic heterocycles. The standard InChI is InChI=1S/C20H19N5O2/c1-14-11-18(24-23-14)22-20(26)12-25-17-10-6-5-9-16(17)21-19(25)13-27-15-7-3-2-4-8-15/h2-11H,12-13H2,1H3,(H2,22,23,24,26). The van der Waals surface area contributed by atoms with Crippen molar-refractivity contribution < 1.29 is 9.53 Å². The number of amides is 1. The minimum absolute atomic E-state index is 0.125. The number of nitrogens with zero attached hydrogens (tertiary/aromatic N) is 3. The van der Waals surface area contributed by atoms with E-state index in [1.807, 2.05) is 66.1 Å². The van der Waals surface area contributed by atoms with Gasteiger partial charge in [-0.2, -0.15) is 5.10 Å². The van der Waals surface area contributed by atoms with Crippen molar-refractivity contribution in [2.24, 2.45) is 0 Å². The summed E-state index contributed by atoms with van der Waals surface area (Å²) >= 11 is 0. The Hall–Kier alpha value is -3.61. The minimum atomic E-state index is -0.175. The third-order valence-electron chi connectivity index (χ3n) is 4.12. The fourth-order valence-corrected chi connectivity index (χ4v) is 2.88. The first kappa shape index (κ1) is 16.8. The van der Waals surface area contributed by atoms with E-state index in [1.54, 1.807) is 6.07 Å². The molecule has 4 rings (SSSR count). The molecule has 1 amide bonds. The first-order valence-corrected chi connectivity index (χ1v) is 8.63. The average Bonchev–Trinajstić information content (AvgIpc) is 3.24. The molecule has 2 heterocycles. The first-order chi connectivity index (χ1) is 13.2. The van der Waals surface area contributed by atoms with Gasteiger partial charge in [-0.15, -0.1) is 0 Å². The Labute approximate surface area is 156 Å². The molecule has 0 spiro atoms. The van der Waals surface area contributed by atoms with Gasteiger partial charge in [0.1, 0.15) is 24.7 Å². The molecule has 0 aliphatic rings. The highest BCUT2D eigenvalue weighted by Crippen LogP contribution is 2.18. The SMILES string of the molecule is Cc1cc(NC(=O)Cn2c(COc3ccccc3)nc3ccccc32)n[nH]1. The van der Waals surface area contributed by atoms with E-state index >= 15 is 0 Å². The van der Waals surface area contributed by atoms with Crippen molar-refractivity contribution >= 4 is 22.8 Å². The van der Waals surface area contributed by atoms with Gasteiger partial charge in [0.15, 0.2) is 5.82 Å². The normalized spacial score (nSPS) is 10.9. The Morgan fingerprint density at radius 2 is 1.93 bits per heavy atom. The first-order valence-electron chi connectivity index (χ1n) is 8.63. The zero-order valence-electron chi connectivity index (χ0n) is 14.8. The summed E-state index contributed by atoms with van der Waals surface area (Å²) in [4.78, 5) is 17.1. The maximum absolute atomic E-state index is 12.5. The monoisotopic (exact) mass is 361 g/mol. The van der Waals surface area contributed by atoms with Gasteiger partial charge in [-0.25, -0.2) is 4.98 Å². The topological polar surface area (TPSA) is 84.8 Å². The summed E-state index contributed by atoms with van der Waals surface area (Å²) in [5, 5.41) is 9.64. The largest absolute Gasteiger partial charge is 0.486 e. The van der Waals surface area contributed by atoms with E-state index in [0.717, 1.165) is 22.5 Å². The molecular weight excluding hydrogens is 342 g/mol. The molecule has 2 N–H and O–H groups in total. The number of hydrogen-bond donors (Lipinski definition) is 2. The highest BCUT2D eigenvalue weighted by molar-refractivity contribution is 5.90. The van der Waals surface area contributed by atoms with Crippen LogP contribution in [0, 0.1) is 6.92 Å². The van der Waals surface area contributed by atoms with Crippen LogP contribution in [0.2, 0.25) is 0 Å². The number of aryl methyl sites for hydroxylation is 1. The average molecular weight is 361 g/mol. The fourth-order valence-electron chi connectivity index (χ4n) is 2.88. The van der Waals surface area contributed by atoms with Crippen LogP contribution in [0.4, 0.5) is 5.82 Å². The molecule has 2 aromatic heterocycles. The van der Waals surface area contributed by atoms with Crippen LogP contribution in [0.15, 0.2) is 60.7 Å². The zero-order chi connectivity index (χ0) is 18.6. The van der Waals surface area contributed by atoms with Crippen molar-refractivity contribution in [2.45, 2.75) is 20.1 Å². The molecule has 4 aromatic rings. The number of anilines is 1. The Balaban J connectivity index is 1.56. The lowest BCUT2D eigenvalue weighted by atomic mass is 10.3. The molecule has 2 aromatic carbocycles. The van der Waals surface area contributed by atoms with Crippen molar-refractivity contribution in [3.63, 3.8) is 0 Å². The van der Waals surface area contributed by atoms with Crippen molar-refractivity contribution in [3.05, 3.63) is 72.2 Å². The molecule has 0 radical (unpaired) electrons. The van der Waals surface area contributed by atoms with Gasteiger partial charge in [0.05, 0.1) is 11.0 Å². The maximum Gasteiger partial charge on any atom is 0.245 e. The summed E-state index contributed by atoms with van der Waals surface area (Å²) in [5.74, 6) is 1.77. The van der Waals surface area contributed by atoms with Gasteiger partial charge in [0.25, 0.3) is 0 Å². The molecule has 0 bridgehead atoms. The highest BCUT2D eigenvalue weighted by Gasteiger charge is 2.15. The zero-order valence-corrected chi connectivity index (χ0v) is 14.8. The fraction of sp³-hybridized carbons (Fsp3) is 0.150. The third-order valence-corrected chi connectivity index (χ3v) is 4.12. The molecule has 0 atom stereocenters. The van der Waals surface area contributed by atoms with Crippen molar-refractivity contribution in [3.8, 4) is 5.75 Å². The summed E-state index contributed by atoms with van der Waals surface area (Å²) in [6.45, 7) is 2.28. The quantitative estimate of drug-likeness (QED) is 0.552. The van der Waals surface area contributed by atoms with Gasteiger partial charge in [0.2, 0.25) is 5.91 Å². The number of benzene rings is 2. The van der Waals surface area contributed by atoms with Crippen LogP contribution in [0.3, 0.4) is 0 Å². The van der Waals surface area contributed by atoms with E-state index in [9.17, 15) is 4.79 Å². The van der Waals surface area contributed by atoms with E-state index in [0.29, 0.717) is 11.6 Å². The molecule has 0 saturated carbocycles. The predicted octanol–water partition coefficient (Wildman–Crippen LogP) is 3.29. The van der Waals surface area contributed by atoms with Crippen LogP contribution in [0.25, 0.3) is 11.0 Å². The van der Waals surface area contributed by atoms with E-state index in [1.165, 1.54) is 0 Å². The van der Waals surface area contributed by atoms with E-state index in [-0.39, 0.29) is 19.1 Å². The smallest absolute Gasteiger partial charge is 0.245 e. The molecule has 27 heavy (non-hydrogen) atoms. The van der Waals surface area contributed by atoms with Gasteiger partial charge < -0.3 is 14.6 Å². The van der Waals surface area contributed by atoms with Crippen LogP contribution in [-0.2, 0) is 17.9 Å². The van der Waals surface area contributed by atoms with Gasteiger partial charge in [-0.1, -0.05) is 30.3 Å². The van der Waals surface area contributed by atoms with E-state index in [2.05, 4.69) is 20.5 Å². The number of fused-ring (bicyclic) bond motifs is 1. The van der Waals surface area contributed by atoms with Gasteiger partial charge >= 0.3 is 0 Å². The summed E-state index contributed by atoms with van der Waals surface area (Å²) in [7, 11) is 0. The molecule has 0 unspecified atom stereocenters. The van der Waals surface area contributed by atoms with Crippen molar-refractivity contribution in [1.29, 1.82) is 0 Å². The van der Waals surface area contributed by atoms with E-state index < -0.39 is 0 Å². The molecule has 136 valence electrons. The number of rotatable bonds is 6. The number of imidazole rings is 1. The third kappa shape index (κ3) is 3.82. The summed E-state index contributed by atoms with van der Waals surface area (Å²) in [6.07, 6.45) is 0. The Kier molecular flexibility index (Phi) is 4.57. The number of ether oxygens (including phenoxy) is 1. The predicted molar refractivity (Wildman–Crippen MR) is 102 cm³/mol. The number of para-hydroxylation sites is 3. The lowest BCUT2D eigenvalue weighted by Crippen LogP contribution is -2.21. The second-order valence-electron chi connectivity index (χ2n) is 6.19. The summed E-state index contributed by atoms with van der Waals surface area (Å²) in [5.41, 5.74) is 2.60. The van der Waals surface area contributed by atoms with Crippen molar-refractivity contribution in [2.75, 3.05) is 5.32 Å². The van der Waals surface area contributed by atoms with Gasteiger partial charge in [-0.05, 0) is 31.2 Å². The Bertz CT molecular complexity index is 1070. The Morgan fingerprint density at radius 1 is 1.15 bits per heavy atom. The van der Waals surface area contributed by atoms with E-state index in [4.69, 9.17) is 4.74 Å². The molecule has 7 nitrogen and oxygen atoms in total. The Morgan fingerprint density at radius 3 is 2.70 bits per heavy atom. The number of aromatic amines is 1. The second-order valence-corrected chi connectivity index (χ2v) is 6.19. The summed E-state index contributed by atoms with van der Waals surface area (Å²) < 4.78 is 7.70. The molecule has 7 heteroatoms. The van der Waals surface area contributed by atoms with Gasteiger partial charge in [0, 0.05) is 11.8 Å². The second kappa shape index (κ2) is 7.33. The maximum atomic E-state index is 12.5. The molecular formula is C20H19N5O2. The molecule has 0 saturated heterocycles. The van der Waals surface area contributed by atoms with Crippen LogP contribution >= 0.6 is 0 Å². The number of nitrogens with one attached hydrogen (secondary N) is 2. The molecule has 0 fully saturated rings. The van der Waals surface area contributed by atoms with Crippen molar-refractivity contribution in [1.82, 2.24) is 19.7 Å². The van der Waals surface area contributed by atoms with Crippen LogP contribution in [-0.4, -0.2) is 25.7 Å². The lowest BCUT2D eigenvalue weighted by Gasteiger charge is -2.10. The number of H-pyrrole nitrogens is 1. The van der Waals surface area contributed by atoms with Crippen LogP contribution in [0.5, 0.6) is 5.75 Å². The van der Waals surface area contributed by atoms with Crippen LogP contribution in [0.1, 0.15) is 11.5 Å². The highest BCUT2D eigenvalue weighted by atomic mass is 16.5. The number of carbonyl (C=O) groups excluding carboxylic acids is 1. The number of hydrogen-bond acceptors (Lipinski definition) is 4. The summed E-state index contributed by atoms with van der Waals surface area (Å²) in [6, 6.07) is 19.0. The molecule has 0 aliphatic carbocycles. The van der Waals surface area contributed by atoms with Crippen LogP contribution < -0.4 is 10.1 Å². The lowest BCUT2D eigenvalue weighted by molar-refractivity contribution is -0.116. The number of aromatic nitrogens is 4. The number of carbonyl (C=O) groups is 1. The van der Waals surface area contributed by atoms with Gasteiger partial charge in [-0.3, -0.25) is 9.89 Å². The minimum Gasteiger partial charge on any atom is -0.486 e.